The Balaban J connectivity index is 2.86. The van der Waals surface area contributed by atoms with Gasteiger partial charge in [-0.2, -0.15) is 0 Å². The van der Waals surface area contributed by atoms with Crippen molar-refractivity contribution in [3.63, 3.8) is 0 Å². The molecule has 1 aromatic rings. The molecule has 3 N–H and O–H groups in total. The second kappa shape index (κ2) is 5.32. The lowest BCUT2D eigenvalue weighted by molar-refractivity contribution is 0.0697. The first-order valence-electron chi connectivity index (χ1n) is 5.87. The molecule has 0 bridgehead atoms. The third-order valence-electron chi connectivity index (χ3n) is 2.77. The summed E-state index contributed by atoms with van der Waals surface area (Å²) in [6.45, 7) is 7.13. The highest BCUT2D eigenvalue weighted by atomic mass is 16.4. The highest BCUT2D eigenvalue weighted by Gasteiger charge is 2.19. The van der Waals surface area contributed by atoms with Crippen molar-refractivity contribution in [2.75, 3.05) is 6.54 Å². The van der Waals surface area contributed by atoms with E-state index in [9.17, 15) is 4.79 Å². The van der Waals surface area contributed by atoms with Gasteiger partial charge in [-0.3, -0.25) is 0 Å². The van der Waals surface area contributed by atoms with Crippen molar-refractivity contribution in [1.29, 1.82) is 0 Å². The van der Waals surface area contributed by atoms with Crippen LogP contribution in [0.25, 0.3) is 0 Å². The Morgan fingerprint density at radius 1 is 1.29 bits per heavy atom. The number of nitrogens with two attached hydrogens (primary N) is 1. The second-order valence-corrected chi connectivity index (χ2v) is 5.62. The molecule has 1 aromatic carbocycles. The second-order valence-electron chi connectivity index (χ2n) is 5.62. The van der Waals surface area contributed by atoms with Gasteiger partial charge in [0.1, 0.15) is 0 Å². The molecule has 94 valence electrons. The fourth-order valence-electron chi connectivity index (χ4n) is 1.97. The van der Waals surface area contributed by atoms with Crippen molar-refractivity contribution in [3.05, 3.63) is 35.4 Å². The maximum absolute atomic E-state index is 10.8. The third-order valence-corrected chi connectivity index (χ3v) is 2.77. The molecule has 1 atom stereocenters. The lowest BCUT2D eigenvalue weighted by Gasteiger charge is -2.25. The Labute approximate surface area is 103 Å². The minimum atomic E-state index is -0.892. The molecule has 0 fully saturated rings. The van der Waals surface area contributed by atoms with Gasteiger partial charge in [0.2, 0.25) is 0 Å². The van der Waals surface area contributed by atoms with E-state index < -0.39 is 5.97 Å². The summed E-state index contributed by atoms with van der Waals surface area (Å²) in [5.74, 6) is -0.602. The summed E-state index contributed by atoms with van der Waals surface area (Å²) >= 11 is 0. The molecular weight excluding hydrogens is 214 g/mol. The summed E-state index contributed by atoms with van der Waals surface area (Å²) in [5, 5.41) is 8.83. The van der Waals surface area contributed by atoms with Gasteiger partial charge in [0, 0.05) is 0 Å². The van der Waals surface area contributed by atoms with Crippen LogP contribution in [0.5, 0.6) is 0 Å². The van der Waals surface area contributed by atoms with Gasteiger partial charge in [-0.25, -0.2) is 4.79 Å². The summed E-state index contributed by atoms with van der Waals surface area (Å²) in [4.78, 5) is 10.8. The molecule has 0 aliphatic heterocycles. The maximum atomic E-state index is 10.8. The number of hydrogen-bond acceptors (Lipinski definition) is 2. The summed E-state index contributed by atoms with van der Waals surface area (Å²) in [7, 11) is 0. The zero-order valence-corrected chi connectivity index (χ0v) is 10.7. The summed E-state index contributed by atoms with van der Waals surface area (Å²) in [6, 6.07) is 7.02. The topological polar surface area (TPSA) is 63.3 Å². The van der Waals surface area contributed by atoms with E-state index in [4.69, 9.17) is 10.8 Å². The van der Waals surface area contributed by atoms with Crippen LogP contribution in [0, 0.1) is 5.41 Å². The fourth-order valence-corrected chi connectivity index (χ4v) is 1.97. The van der Waals surface area contributed by atoms with Crippen molar-refractivity contribution < 1.29 is 9.90 Å². The van der Waals surface area contributed by atoms with E-state index in [1.54, 1.807) is 12.1 Å². The van der Waals surface area contributed by atoms with Crippen LogP contribution >= 0.6 is 0 Å². The molecule has 0 radical (unpaired) electrons. The van der Waals surface area contributed by atoms with Crippen molar-refractivity contribution >= 4 is 5.97 Å². The number of rotatable bonds is 4. The summed E-state index contributed by atoms with van der Waals surface area (Å²) in [6.07, 6.45) is 0.996. The normalized spacial score (nSPS) is 13.4. The summed E-state index contributed by atoms with van der Waals surface area (Å²) < 4.78 is 0. The summed E-state index contributed by atoms with van der Waals surface area (Å²) in [5.41, 5.74) is 7.45. The Kier molecular flexibility index (Phi) is 4.29. The minimum absolute atomic E-state index is 0.218. The molecule has 0 aliphatic carbocycles. The Bertz CT molecular complexity index is 376. The first-order valence-corrected chi connectivity index (χ1v) is 5.87. The van der Waals surface area contributed by atoms with Gasteiger partial charge in [-0.1, -0.05) is 32.9 Å². The van der Waals surface area contributed by atoms with Crippen LogP contribution < -0.4 is 5.73 Å². The predicted octanol–water partition coefficient (Wildman–Crippen LogP) is 2.86. The van der Waals surface area contributed by atoms with Gasteiger partial charge < -0.3 is 10.8 Å². The monoisotopic (exact) mass is 235 g/mol. The third kappa shape index (κ3) is 4.19. The largest absolute Gasteiger partial charge is 0.478 e. The van der Waals surface area contributed by atoms with Crippen LogP contribution in [0.2, 0.25) is 0 Å². The zero-order valence-electron chi connectivity index (χ0n) is 10.7. The first-order chi connectivity index (χ1) is 7.83. The molecular formula is C14H21NO2. The lowest BCUT2D eigenvalue weighted by Crippen LogP contribution is -2.19. The lowest BCUT2D eigenvalue weighted by atomic mass is 9.81. The van der Waals surface area contributed by atoms with Crippen molar-refractivity contribution in [3.8, 4) is 0 Å². The standard InChI is InChI=1S/C14H21NO2/c1-14(2,3)8-12(9-15)10-4-6-11(7-5-10)13(16)17/h4-7,12H,8-9,15H2,1-3H3,(H,16,17). The molecule has 0 spiro atoms. The molecule has 0 saturated carbocycles. The average Bonchev–Trinajstić information content (AvgIpc) is 2.25. The molecule has 0 amide bonds. The Morgan fingerprint density at radius 3 is 2.18 bits per heavy atom. The number of carbonyl (C=O) groups is 1. The molecule has 0 aromatic heterocycles. The Morgan fingerprint density at radius 2 is 1.82 bits per heavy atom. The van der Waals surface area contributed by atoms with E-state index >= 15 is 0 Å². The smallest absolute Gasteiger partial charge is 0.335 e. The minimum Gasteiger partial charge on any atom is -0.478 e. The molecule has 0 heterocycles. The van der Waals surface area contributed by atoms with Crippen LogP contribution in [0.4, 0.5) is 0 Å². The maximum Gasteiger partial charge on any atom is 0.335 e. The van der Waals surface area contributed by atoms with Gasteiger partial charge >= 0.3 is 5.97 Å². The molecule has 0 aliphatic rings. The zero-order chi connectivity index (χ0) is 13.1. The van der Waals surface area contributed by atoms with Gasteiger partial charge in [-0.05, 0) is 42.0 Å². The van der Waals surface area contributed by atoms with Crippen LogP contribution in [0.15, 0.2) is 24.3 Å². The predicted molar refractivity (Wildman–Crippen MR) is 69.3 cm³/mol. The van der Waals surface area contributed by atoms with Gasteiger partial charge in [0.05, 0.1) is 5.56 Å². The number of aromatic carboxylic acids is 1. The van der Waals surface area contributed by atoms with Crippen molar-refractivity contribution in [2.24, 2.45) is 11.1 Å². The molecule has 3 heteroatoms. The van der Waals surface area contributed by atoms with Gasteiger partial charge in [0.25, 0.3) is 0 Å². The van der Waals surface area contributed by atoms with Crippen LogP contribution in [0.1, 0.15) is 49.0 Å². The van der Waals surface area contributed by atoms with Crippen molar-refractivity contribution in [1.82, 2.24) is 0 Å². The van der Waals surface area contributed by atoms with Crippen molar-refractivity contribution in [2.45, 2.75) is 33.1 Å². The highest BCUT2D eigenvalue weighted by molar-refractivity contribution is 5.87. The highest BCUT2D eigenvalue weighted by Crippen LogP contribution is 2.30. The number of carboxylic acid groups (broad SMARTS) is 1. The van der Waals surface area contributed by atoms with Crippen LogP contribution in [-0.4, -0.2) is 17.6 Å². The van der Waals surface area contributed by atoms with E-state index in [1.807, 2.05) is 12.1 Å². The van der Waals surface area contributed by atoms with E-state index in [2.05, 4.69) is 20.8 Å². The first kappa shape index (κ1) is 13.7. The number of hydrogen-bond donors (Lipinski definition) is 2. The van der Waals surface area contributed by atoms with Gasteiger partial charge in [0.15, 0.2) is 0 Å². The average molecular weight is 235 g/mol. The molecule has 17 heavy (non-hydrogen) atoms. The van der Waals surface area contributed by atoms with Crippen LogP contribution in [0.3, 0.4) is 0 Å². The SMILES string of the molecule is CC(C)(C)CC(CN)c1ccc(C(=O)O)cc1. The molecule has 1 unspecified atom stereocenters. The quantitative estimate of drug-likeness (QED) is 0.843. The van der Waals surface area contributed by atoms with E-state index in [0.717, 1.165) is 12.0 Å². The van der Waals surface area contributed by atoms with E-state index in [0.29, 0.717) is 12.1 Å². The number of benzene rings is 1. The Hall–Kier alpha value is -1.35. The van der Waals surface area contributed by atoms with E-state index in [1.165, 1.54) is 0 Å². The fraction of sp³-hybridized carbons (Fsp3) is 0.500. The molecule has 0 saturated heterocycles. The molecule has 3 nitrogen and oxygen atoms in total. The molecule has 1 rings (SSSR count). The van der Waals surface area contributed by atoms with Gasteiger partial charge in [-0.15, -0.1) is 0 Å². The number of carboxylic acids is 1. The van der Waals surface area contributed by atoms with E-state index in [-0.39, 0.29) is 11.3 Å². The van der Waals surface area contributed by atoms with Crippen LogP contribution in [-0.2, 0) is 0 Å².